The fourth-order valence-corrected chi connectivity index (χ4v) is 4.46. The third-order valence-electron chi connectivity index (χ3n) is 4.51. The van der Waals surface area contributed by atoms with Gasteiger partial charge in [0.1, 0.15) is 5.01 Å². The molecular formula is C23H21N5OS2. The summed E-state index contributed by atoms with van der Waals surface area (Å²) in [7, 11) is 0. The first kappa shape index (κ1) is 21.1. The molecule has 0 fully saturated rings. The van der Waals surface area contributed by atoms with Gasteiger partial charge < -0.3 is 0 Å². The Morgan fingerprint density at radius 1 is 0.968 bits per heavy atom. The number of hydrogen-bond donors (Lipinski definition) is 1. The van der Waals surface area contributed by atoms with Crippen molar-refractivity contribution in [2.75, 3.05) is 5.32 Å². The molecule has 2 aromatic heterocycles. The summed E-state index contributed by atoms with van der Waals surface area (Å²) in [4.78, 5) is 22.3. The van der Waals surface area contributed by atoms with E-state index in [1.807, 2.05) is 80.6 Å². The molecule has 0 saturated heterocycles. The second kappa shape index (κ2) is 9.80. The normalized spacial score (nSPS) is 11.8. The van der Waals surface area contributed by atoms with Gasteiger partial charge in [-0.2, -0.15) is 0 Å². The third-order valence-corrected chi connectivity index (χ3v) is 6.49. The first-order valence-corrected chi connectivity index (χ1v) is 11.6. The average Bonchev–Trinajstić information content (AvgIpc) is 3.22. The summed E-state index contributed by atoms with van der Waals surface area (Å²) >= 11 is 2.72. The van der Waals surface area contributed by atoms with Crippen LogP contribution in [0.3, 0.4) is 0 Å². The van der Waals surface area contributed by atoms with Crippen LogP contribution in [0.5, 0.6) is 0 Å². The van der Waals surface area contributed by atoms with E-state index in [0.717, 1.165) is 27.5 Å². The molecule has 6 nitrogen and oxygen atoms in total. The van der Waals surface area contributed by atoms with Crippen LogP contribution in [0.1, 0.15) is 18.4 Å². The maximum atomic E-state index is 12.8. The van der Waals surface area contributed by atoms with Crippen molar-refractivity contribution < 1.29 is 4.79 Å². The van der Waals surface area contributed by atoms with Crippen LogP contribution < -0.4 is 5.32 Å². The first-order valence-electron chi connectivity index (χ1n) is 9.90. The minimum Gasteiger partial charge on any atom is -0.300 e. The molecule has 1 amide bonds. The molecule has 4 aromatic rings. The largest absolute Gasteiger partial charge is 0.300 e. The number of nitrogens with one attached hydrogen (secondary N) is 1. The maximum Gasteiger partial charge on any atom is 0.239 e. The standard InChI is InChI=1S/C23H21N5OS2/c1-3-20(21(29)26-23-28-27-15(2)30-23)31-22-24-18(16-10-6-4-7-11-16)14-19(25-22)17-12-8-5-9-13-17/h4-14,20H,3H2,1-2H3,(H,26,28,29)/t20-/m1/s1. The van der Waals surface area contributed by atoms with Crippen LogP contribution in [0, 0.1) is 6.92 Å². The molecule has 0 aliphatic rings. The average molecular weight is 448 g/mol. The van der Waals surface area contributed by atoms with Crippen molar-refractivity contribution in [3.63, 3.8) is 0 Å². The molecule has 156 valence electrons. The molecule has 1 atom stereocenters. The van der Waals surface area contributed by atoms with Gasteiger partial charge in [-0.05, 0) is 19.4 Å². The summed E-state index contributed by atoms with van der Waals surface area (Å²) in [5.74, 6) is -0.126. The van der Waals surface area contributed by atoms with E-state index < -0.39 is 0 Å². The topological polar surface area (TPSA) is 80.7 Å². The number of carbonyl (C=O) groups is 1. The molecule has 0 aliphatic carbocycles. The molecule has 4 rings (SSSR count). The van der Waals surface area contributed by atoms with Crippen LogP contribution in [0.15, 0.2) is 71.9 Å². The summed E-state index contributed by atoms with van der Waals surface area (Å²) in [6.45, 7) is 3.83. The third kappa shape index (κ3) is 5.34. The Hall–Kier alpha value is -3.10. The number of anilines is 1. The Bertz CT molecular complexity index is 1110. The predicted molar refractivity (Wildman–Crippen MR) is 126 cm³/mol. The van der Waals surface area contributed by atoms with E-state index in [9.17, 15) is 4.79 Å². The lowest BCUT2D eigenvalue weighted by molar-refractivity contribution is -0.115. The van der Waals surface area contributed by atoms with Crippen molar-refractivity contribution >= 4 is 34.1 Å². The van der Waals surface area contributed by atoms with Gasteiger partial charge in [-0.25, -0.2) is 9.97 Å². The molecule has 2 aromatic carbocycles. The van der Waals surface area contributed by atoms with E-state index in [4.69, 9.17) is 9.97 Å². The number of aryl methyl sites for hydroxylation is 1. The highest BCUT2D eigenvalue weighted by atomic mass is 32.2. The Morgan fingerprint density at radius 3 is 2.03 bits per heavy atom. The minimum atomic E-state index is -0.348. The van der Waals surface area contributed by atoms with Gasteiger partial charge in [0.15, 0.2) is 5.16 Å². The number of carbonyl (C=O) groups excluding carboxylic acids is 1. The molecule has 2 heterocycles. The number of hydrogen-bond acceptors (Lipinski definition) is 7. The van der Waals surface area contributed by atoms with Crippen molar-refractivity contribution in [3.05, 3.63) is 71.7 Å². The fourth-order valence-electron chi connectivity index (χ4n) is 2.97. The lowest BCUT2D eigenvalue weighted by Crippen LogP contribution is -2.24. The number of thioether (sulfide) groups is 1. The van der Waals surface area contributed by atoms with Crippen LogP contribution in [-0.2, 0) is 4.79 Å². The van der Waals surface area contributed by atoms with Crippen molar-refractivity contribution in [1.29, 1.82) is 0 Å². The van der Waals surface area contributed by atoms with E-state index in [1.54, 1.807) is 0 Å². The van der Waals surface area contributed by atoms with Gasteiger partial charge in [0.25, 0.3) is 0 Å². The molecular weight excluding hydrogens is 426 g/mol. The van der Waals surface area contributed by atoms with Gasteiger partial charge in [-0.3, -0.25) is 10.1 Å². The van der Waals surface area contributed by atoms with Gasteiger partial charge >= 0.3 is 0 Å². The van der Waals surface area contributed by atoms with E-state index >= 15 is 0 Å². The minimum absolute atomic E-state index is 0.126. The second-order valence-corrected chi connectivity index (χ2v) is 9.13. The van der Waals surface area contributed by atoms with Gasteiger partial charge in [-0.1, -0.05) is 90.7 Å². The van der Waals surface area contributed by atoms with Crippen LogP contribution >= 0.6 is 23.1 Å². The summed E-state index contributed by atoms with van der Waals surface area (Å²) < 4.78 is 0. The monoisotopic (exact) mass is 447 g/mol. The van der Waals surface area contributed by atoms with E-state index in [1.165, 1.54) is 23.1 Å². The zero-order chi connectivity index (χ0) is 21.6. The summed E-state index contributed by atoms with van der Waals surface area (Å²) in [6.07, 6.45) is 0.633. The summed E-state index contributed by atoms with van der Waals surface area (Å²) in [5.41, 5.74) is 3.66. The fraction of sp³-hybridized carbons (Fsp3) is 0.174. The van der Waals surface area contributed by atoms with Gasteiger partial charge in [0.05, 0.1) is 16.6 Å². The number of nitrogens with zero attached hydrogens (tertiary/aromatic N) is 4. The second-order valence-electron chi connectivity index (χ2n) is 6.78. The Balaban J connectivity index is 1.65. The van der Waals surface area contributed by atoms with Crippen LogP contribution in [0.4, 0.5) is 5.13 Å². The van der Waals surface area contributed by atoms with Gasteiger partial charge in [0, 0.05) is 11.1 Å². The van der Waals surface area contributed by atoms with Crippen molar-refractivity contribution in [1.82, 2.24) is 20.2 Å². The highest BCUT2D eigenvalue weighted by Crippen LogP contribution is 2.30. The number of rotatable bonds is 7. The predicted octanol–water partition coefficient (Wildman–Crippen LogP) is 5.48. The Labute approximate surface area is 189 Å². The first-order chi connectivity index (χ1) is 15.1. The van der Waals surface area contributed by atoms with Crippen molar-refractivity contribution in [2.45, 2.75) is 30.7 Å². The smallest absolute Gasteiger partial charge is 0.239 e. The molecule has 0 saturated carbocycles. The van der Waals surface area contributed by atoms with Crippen molar-refractivity contribution in [3.8, 4) is 22.5 Å². The quantitative estimate of drug-likeness (QED) is 0.298. The maximum absolute atomic E-state index is 12.8. The number of aromatic nitrogens is 4. The Morgan fingerprint density at radius 2 is 1.55 bits per heavy atom. The van der Waals surface area contributed by atoms with E-state index in [2.05, 4.69) is 15.5 Å². The molecule has 0 aliphatic heterocycles. The van der Waals surface area contributed by atoms with E-state index in [-0.39, 0.29) is 11.2 Å². The van der Waals surface area contributed by atoms with Crippen molar-refractivity contribution in [2.24, 2.45) is 0 Å². The summed E-state index contributed by atoms with van der Waals surface area (Å²) in [5, 5.41) is 12.3. The van der Waals surface area contributed by atoms with Crippen LogP contribution in [0.25, 0.3) is 22.5 Å². The summed E-state index contributed by atoms with van der Waals surface area (Å²) in [6, 6.07) is 22.0. The molecule has 1 N–H and O–H groups in total. The lowest BCUT2D eigenvalue weighted by atomic mass is 10.1. The Kier molecular flexibility index (Phi) is 6.69. The number of amides is 1. The molecule has 0 bridgehead atoms. The number of benzene rings is 2. The zero-order valence-corrected chi connectivity index (χ0v) is 18.8. The molecule has 0 unspecified atom stereocenters. The van der Waals surface area contributed by atoms with Gasteiger partial charge in [0.2, 0.25) is 11.0 Å². The molecule has 0 spiro atoms. The zero-order valence-electron chi connectivity index (χ0n) is 17.1. The molecule has 0 radical (unpaired) electrons. The molecule has 31 heavy (non-hydrogen) atoms. The van der Waals surface area contributed by atoms with Crippen LogP contribution in [0.2, 0.25) is 0 Å². The SMILES string of the molecule is CC[C@@H](Sc1nc(-c2ccccc2)cc(-c2ccccc2)n1)C(=O)Nc1nnc(C)s1. The highest BCUT2D eigenvalue weighted by Gasteiger charge is 2.22. The highest BCUT2D eigenvalue weighted by molar-refractivity contribution is 8.00. The molecule has 8 heteroatoms. The lowest BCUT2D eigenvalue weighted by Gasteiger charge is -2.14. The van der Waals surface area contributed by atoms with Crippen LogP contribution in [-0.4, -0.2) is 31.3 Å². The van der Waals surface area contributed by atoms with E-state index in [0.29, 0.717) is 16.7 Å². The van der Waals surface area contributed by atoms with Gasteiger partial charge in [-0.15, -0.1) is 10.2 Å².